The predicted molar refractivity (Wildman–Crippen MR) is 211 cm³/mol. The van der Waals surface area contributed by atoms with Crippen molar-refractivity contribution in [2.45, 2.75) is 251 Å². The highest BCUT2D eigenvalue weighted by Crippen LogP contribution is 2.20. The van der Waals surface area contributed by atoms with Crippen LogP contribution in [0.2, 0.25) is 0 Å². The van der Waals surface area contributed by atoms with Crippen molar-refractivity contribution in [3.8, 4) is 0 Å². The second-order valence-corrected chi connectivity index (χ2v) is 15.4. The Bertz CT molecular complexity index is 666. The lowest BCUT2D eigenvalue weighted by atomic mass is 9.94. The molecule has 292 valence electrons. The van der Waals surface area contributed by atoms with Gasteiger partial charge in [-0.25, -0.2) is 0 Å². The molecule has 1 unspecified atom stereocenters. The maximum Gasteiger partial charge on any atom is 0.306 e. The third kappa shape index (κ3) is 41.2. The molecule has 0 amide bonds. The molecule has 0 aliphatic rings. The van der Waals surface area contributed by atoms with Gasteiger partial charge in [0, 0.05) is 19.6 Å². The molecule has 49 heavy (non-hydrogen) atoms. The quantitative estimate of drug-likeness (QED) is 0.0621. The summed E-state index contributed by atoms with van der Waals surface area (Å²) in [6.07, 6.45) is 47.3. The largest absolute Gasteiger partial charge is 0.481 e. The first-order valence-electron chi connectivity index (χ1n) is 22.1. The summed E-state index contributed by atoms with van der Waals surface area (Å²) in [6.45, 7) is 4.13. The fourth-order valence-electron chi connectivity index (χ4n) is 7.16. The average molecular weight is 695 g/mol. The Kier molecular flexibility index (Phi) is 40.4. The van der Waals surface area contributed by atoms with Crippen molar-refractivity contribution in [2.24, 2.45) is 5.92 Å². The molecule has 0 radical (unpaired) electrons. The number of carbonyl (C=O) groups is 2. The van der Waals surface area contributed by atoms with Crippen molar-refractivity contribution < 1.29 is 24.5 Å². The van der Waals surface area contributed by atoms with Crippen LogP contribution in [0.4, 0.5) is 0 Å². The summed E-state index contributed by atoms with van der Waals surface area (Å²) in [6, 6.07) is 0. The van der Waals surface area contributed by atoms with E-state index in [1.165, 1.54) is 199 Å². The standard InChI is InChI=1S/C44H86O5/c1-2-3-4-5-27-32-37-42(44(47)48)38-33-28-23-19-15-11-8-10-14-18-22-26-31-36-41-49-40-35-30-25-21-17-13-9-6-7-12-16-20-24-29-34-39-43(45)46/h42H,2-41H2,1H3,(H,45,46)(H,47,48). The van der Waals surface area contributed by atoms with Crippen LogP contribution >= 0.6 is 0 Å². The number of hydrogen-bond acceptors (Lipinski definition) is 3. The van der Waals surface area contributed by atoms with Gasteiger partial charge in [0.05, 0.1) is 5.92 Å². The molecule has 1 atom stereocenters. The van der Waals surface area contributed by atoms with E-state index >= 15 is 0 Å². The van der Waals surface area contributed by atoms with Crippen molar-refractivity contribution in [1.29, 1.82) is 0 Å². The third-order valence-electron chi connectivity index (χ3n) is 10.5. The monoisotopic (exact) mass is 695 g/mol. The van der Waals surface area contributed by atoms with E-state index in [1.807, 2.05) is 0 Å². The Labute approximate surface area is 305 Å². The number of carboxylic acid groups (broad SMARTS) is 2. The molecular weight excluding hydrogens is 608 g/mol. The third-order valence-corrected chi connectivity index (χ3v) is 10.5. The van der Waals surface area contributed by atoms with Gasteiger partial charge in [0.1, 0.15) is 0 Å². The molecule has 0 aliphatic carbocycles. The number of rotatable bonds is 43. The Balaban J connectivity index is 3.19. The predicted octanol–water partition coefficient (Wildman–Crippen LogP) is 14.6. The maximum atomic E-state index is 11.6. The molecule has 0 saturated heterocycles. The van der Waals surface area contributed by atoms with E-state index in [1.54, 1.807) is 0 Å². The molecule has 5 heteroatoms. The van der Waals surface area contributed by atoms with Crippen molar-refractivity contribution in [2.75, 3.05) is 13.2 Å². The highest BCUT2D eigenvalue weighted by molar-refractivity contribution is 5.69. The summed E-state index contributed by atoms with van der Waals surface area (Å²) in [5, 5.41) is 18.2. The normalized spacial score (nSPS) is 12.1. The molecule has 2 N–H and O–H groups in total. The van der Waals surface area contributed by atoms with Gasteiger partial charge in [-0.1, -0.05) is 212 Å². The summed E-state index contributed by atoms with van der Waals surface area (Å²) in [7, 11) is 0. The average Bonchev–Trinajstić information content (AvgIpc) is 3.08. The Hall–Kier alpha value is -1.10. The van der Waals surface area contributed by atoms with Crippen LogP contribution in [0.25, 0.3) is 0 Å². The lowest BCUT2D eigenvalue weighted by Gasteiger charge is -2.12. The molecule has 0 aromatic heterocycles. The first kappa shape index (κ1) is 47.9. The Morgan fingerprint density at radius 1 is 0.388 bits per heavy atom. The lowest BCUT2D eigenvalue weighted by molar-refractivity contribution is -0.142. The highest BCUT2D eigenvalue weighted by Gasteiger charge is 2.16. The minimum absolute atomic E-state index is 0.111. The minimum atomic E-state index is -0.659. The van der Waals surface area contributed by atoms with Gasteiger partial charge in [-0.05, 0) is 32.1 Å². The zero-order chi connectivity index (χ0) is 35.7. The van der Waals surface area contributed by atoms with Gasteiger partial charge in [0.2, 0.25) is 0 Å². The molecule has 0 aromatic rings. The molecule has 0 spiro atoms. The second-order valence-electron chi connectivity index (χ2n) is 15.4. The van der Waals surface area contributed by atoms with Crippen LogP contribution in [0.15, 0.2) is 0 Å². The Morgan fingerprint density at radius 2 is 0.653 bits per heavy atom. The summed E-state index contributed by atoms with van der Waals surface area (Å²) in [5.41, 5.74) is 0. The summed E-state index contributed by atoms with van der Waals surface area (Å²) in [5.74, 6) is -1.34. The van der Waals surface area contributed by atoms with E-state index in [-0.39, 0.29) is 5.92 Å². The van der Waals surface area contributed by atoms with Crippen molar-refractivity contribution in [3.63, 3.8) is 0 Å². The van der Waals surface area contributed by atoms with Gasteiger partial charge >= 0.3 is 11.9 Å². The number of unbranched alkanes of at least 4 members (excludes halogenated alkanes) is 32. The van der Waals surface area contributed by atoms with Crippen LogP contribution in [0.1, 0.15) is 251 Å². The molecule has 0 bridgehead atoms. The fourth-order valence-corrected chi connectivity index (χ4v) is 7.16. The smallest absolute Gasteiger partial charge is 0.306 e. The van der Waals surface area contributed by atoms with Crippen LogP contribution in [-0.2, 0) is 14.3 Å². The van der Waals surface area contributed by atoms with E-state index in [0.717, 1.165) is 51.7 Å². The van der Waals surface area contributed by atoms with Crippen LogP contribution in [-0.4, -0.2) is 35.4 Å². The van der Waals surface area contributed by atoms with Gasteiger partial charge in [0.15, 0.2) is 0 Å². The van der Waals surface area contributed by atoms with Crippen molar-refractivity contribution >= 4 is 11.9 Å². The first-order valence-corrected chi connectivity index (χ1v) is 22.1. The molecule has 5 nitrogen and oxygen atoms in total. The number of carboxylic acids is 2. The molecule has 0 aromatic carbocycles. The second kappa shape index (κ2) is 41.3. The van der Waals surface area contributed by atoms with E-state index in [0.29, 0.717) is 6.42 Å². The minimum Gasteiger partial charge on any atom is -0.481 e. The van der Waals surface area contributed by atoms with E-state index in [2.05, 4.69) is 6.92 Å². The molecule has 0 aliphatic heterocycles. The highest BCUT2D eigenvalue weighted by atomic mass is 16.5. The molecule has 0 rings (SSSR count). The number of ether oxygens (including phenoxy) is 1. The van der Waals surface area contributed by atoms with Gasteiger partial charge < -0.3 is 14.9 Å². The number of hydrogen-bond donors (Lipinski definition) is 2. The summed E-state index contributed by atoms with van der Waals surface area (Å²) in [4.78, 5) is 22.1. The van der Waals surface area contributed by atoms with Gasteiger partial charge in [-0.15, -0.1) is 0 Å². The zero-order valence-corrected chi connectivity index (χ0v) is 33.0. The topological polar surface area (TPSA) is 83.8 Å². The number of aliphatic carboxylic acids is 2. The molecule has 0 heterocycles. The maximum absolute atomic E-state index is 11.6. The molecular formula is C44H86O5. The van der Waals surface area contributed by atoms with Gasteiger partial charge in [-0.2, -0.15) is 0 Å². The Morgan fingerprint density at radius 3 is 0.939 bits per heavy atom. The summed E-state index contributed by atoms with van der Waals surface area (Å²) >= 11 is 0. The van der Waals surface area contributed by atoms with E-state index in [4.69, 9.17) is 9.84 Å². The van der Waals surface area contributed by atoms with Crippen LogP contribution in [0, 0.1) is 5.92 Å². The van der Waals surface area contributed by atoms with Gasteiger partial charge in [-0.3, -0.25) is 9.59 Å². The van der Waals surface area contributed by atoms with Crippen LogP contribution in [0.5, 0.6) is 0 Å². The van der Waals surface area contributed by atoms with Crippen LogP contribution in [0.3, 0.4) is 0 Å². The SMILES string of the molecule is CCCCCCCCC(CCCCCCCCCCCCCCCCOCCCCCCCCCCCCCCCCCC(=O)O)C(=O)O. The molecule has 0 saturated carbocycles. The fraction of sp³-hybridized carbons (Fsp3) is 0.955. The lowest BCUT2D eigenvalue weighted by Crippen LogP contribution is -2.13. The van der Waals surface area contributed by atoms with E-state index < -0.39 is 11.9 Å². The summed E-state index contributed by atoms with van der Waals surface area (Å²) < 4.78 is 5.88. The van der Waals surface area contributed by atoms with Crippen molar-refractivity contribution in [1.82, 2.24) is 0 Å². The van der Waals surface area contributed by atoms with Crippen molar-refractivity contribution in [3.05, 3.63) is 0 Å². The molecule has 0 fully saturated rings. The van der Waals surface area contributed by atoms with Crippen LogP contribution < -0.4 is 0 Å². The first-order chi connectivity index (χ1) is 24.1. The zero-order valence-electron chi connectivity index (χ0n) is 33.0. The van der Waals surface area contributed by atoms with E-state index in [9.17, 15) is 14.7 Å². The van der Waals surface area contributed by atoms with Gasteiger partial charge in [0.25, 0.3) is 0 Å².